The van der Waals surface area contributed by atoms with Gasteiger partial charge in [0, 0.05) is 11.9 Å². The fourth-order valence-electron chi connectivity index (χ4n) is 1.89. The first-order valence-electron chi connectivity index (χ1n) is 4.90. The number of aryl methyl sites for hydroxylation is 1. The third-order valence-corrected chi connectivity index (χ3v) is 3.00. The fraction of sp³-hybridized carbons (Fsp3) is 0.545. The van der Waals surface area contributed by atoms with E-state index in [1.165, 1.54) is 18.4 Å². The molecule has 0 bridgehead atoms. The van der Waals surface area contributed by atoms with E-state index in [1.807, 2.05) is 13.1 Å². The van der Waals surface area contributed by atoms with E-state index < -0.39 is 0 Å². The monoisotopic (exact) mass is 176 g/mol. The summed E-state index contributed by atoms with van der Waals surface area (Å²) in [6.07, 6.45) is 5.69. The Morgan fingerprint density at radius 3 is 2.69 bits per heavy atom. The van der Waals surface area contributed by atoms with Crippen molar-refractivity contribution in [2.24, 2.45) is 5.73 Å². The summed E-state index contributed by atoms with van der Waals surface area (Å²) in [6.45, 7) is 2.81. The zero-order valence-electron chi connectivity index (χ0n) is 8.09. The maximum Gasteiger partial charge on any atom is 0.0372 e. The van der Waals surface area contributed by atoms with Gasteiger partial charge in [-0.05, 0) is 49.8 Å². The molecule has 1 aliphatic rings. The van der Waals surface area contributed by atoms with Gasteiger partial charge >= 0.3 is 0 Å². The molecule has 0 unspecified atom stereocenters. The average molecular weight is 176 g/mol. The maximum absolute atomic E-state index is 5.60. The molecule has 0 aromatic carbocycles. The minimum atomic E-state index is 0.398. The highest BCUT2D eigenvalue weighted by Crippen LogP contribution is 2.50. The molecule has 1 aromatic rings. The predicted molar refractivity (Wildman–Crippen MR) is 53.6 cm³/mol. The number of pyridine rings is 1. The van der Waals surface area contributed by atoms with Crippen LogP contribution in [-0.4, -0.2) is 11.5 Å². The first-order valence-corrected chi connectivity index (χ1v) is 4.90. The molecule has 0 aliphatic heterocycles. The first kappa shape index (κ1) is 8.70. The van der Waals surface area contributed by atoms with Gasteiger partial charge in [-0.25, -0.2) is 0 Å². The fourth-order valence-corrected chi connectivity index (χ4v) is 1.89. The summed E-state index contributed by atoms with van der Waals surface area (Å²) in [6, 6.07) is 4.29. The van der Waals surface area contributed by atoms with Crippen LogP contribution in [-0.2, 0) is 5.41 Å². The van der Waals surface area contributed by atoms with Gasteiger partial charge in [-0.2, -0.15) is 0 Å². The predicted octanol–water partition coefficient (Wildman–Crippen LogP) is 1.77. The maximum atomic E-state index is 5.60. The smallest absolute Gasteiger partial charge is 0.0372 e. The van der Waals surface area contributed by atoms with Crippen LogP contribution in [0.4, 0.5) is 0 Å². The largest absolute Gasteiger partial charge is 0.330 e. The van der Waals surface area contributed by atoms with Crippen molar-refractivity contribution in [1.29, 1.82) is 0 Å². The highest BCUT2D eigenvalue weighted by atomic mass is 14.7. The first-order chi connectivity index (χ1) is 6.27. The standard InChI is InChI=1S/C11H16N2/c1-9-2-3-10(8-13-9)11(4-5-11)6-7-12/h2-3,8H,4-7,12H2,1H3. The van der Waals surface area contributed by atoms with Crippen LogP contribution in [0.2, 0.25) is 0 Å². The number of nitrogens with two attached hydrogens (primary N) is 1. The van der Waals surface area contributed by atoms with Crippen LogP contribution in [0.3, 0.4) is 0 Å². The lowest BCUT2D eigenvalue weighted by atomic mass is 9.94. The third-order valence-electron chi connectivity index (χ3n) is 3.00. The number of hydrogen-bond acceptors (Lipinski definition) is 2. The summed E-state index contributed by atoms with van der Waals surface area (Å²) >= 11 is 0. The quantitative estimate of drug-likeness (QED) is 0.762. The third kappa shape index (κ3) is 1.59. The number of rotatable bonds is 3. The van der Waals surface area contributed by atoms with Crippen molar-refractivity contribution >= 4 is 0 Å². The van der Waals surface area contributed by atoms with Gasteiger partial charge in [-0.15, -0.1) is 0 Å². The van der Waals surface area contributed by atoms with Crippen molar-refractivity contribution in [3.8, 4) is 0 Å². The Kier molecular flexibility index (Phi) is 2.08. The molecule has 0 spiro atoms. The number of aromatic nitrogens is 1. The molecule has 1 saturated carbocycles. The van der Waals surface area contributed by atoms with Crippen molar-refractivity contribution in [2.75, 3.05) is 6.54 Å². The van der Waals surface area contributed by atoms with Gasteiger partial charge in [0.05, 0.1) is 0 Å². The number of nitrogens with zero attached hydrogens (tertiary/aromatic N) is 1. The van der Waals surface area contributed by atoms with E-state index in [4.69, 9.17) is 5.73 Å². The van der Waals surface area contributed by atoms with E-state index in [1.54, 1.807) is 0 Å². The molecule has 0 atom stereocenters. The summed E-state index contributed by atoms with van der Waals surface area (Å²) in [7, 11) is 0. The van der Waals surface area contributed by atoms with E-state index in [0.717, 1.165) is 18.7 Å². The van der Waals surface area contributed by atoms with Gasteiger partial charge in [-0.1, -0.05) is 6.07 Å². The molecule has 1 aromatic heterocycles. The van der Waals surface area contributed by atoms with E-state index in [-0.39, 0.29) is 0 Å². The van der Waals surface area contributed by atoms with E-state index in [0.29, 0.717) is 5.41 Å². The van der Waals surface area contributed by atoms with Gasteiger partial charge < -0.3 is 5.73 Å². The van der Waals surface area contributed by atoms with Gasteiger partial charge in [0.25, 0.3) is 0 Å². The highest BCUT2D eigenvalue weighted by molar-refractivity contribution is 5.29. The normalized spacial score (nSPS) is 18.6. The van der Waals surface area contributed by atoms with Crippen LogP contribution in [0.5, 0.6) is 0 Å². The zero-order valence-corrected chi connectivity index (χ0v) is 8.09. The molecule has 0 saturated heterocycles. The zero-order chi connectivity index (χ0) is 9.31. The number of hydrogen-bond donors (Lipinski definition) is 1. The van der Waals surface area contributed by atoms with Gasteiger partial charge in [0.15, 0.2) is 0 Å². The summed E-state index contributed by atoms with van der Waals surface area (Å²) in [4.78, 5) is 4.33. The SMILES string of the molecule is Cc1ccc(C2(CCN)CC2)cn1. The molecule has 0 amide bonds. The summed E-state index contributed by atoms with van der Waals surface area (Å²) in [5.41, 5.74) is 8.47. The van der Waals surface area contributed by atoms with Crippen molar-refractivity contribution in [1.82, 2.24) is 4.98 Å². The van der Waals surface area contributed by atoms with Crippen molar-refractivity contribution in [2.45, 2.75) is 31.6 Å². The van der Waals surface area contributed by atoms with Crippen LogP contribution in [0.1, 0.15) is 30.5 Å². The van der Waals surface area contributed by atoms with Gasteiger partial charge in [0.1, 0.15) is 0 Å². The Balaban J connectivity index is 2.20. The Morgan fingerprint density at radius 1 is 1.46 bits per heavy atom. The second-order valence-corrected chi connectivity index (χ2v) is 4.01. The van der Waals surface area contributed by atoms with Crippen molar-refractivity contribution < 1.29 is 0 Å². The van der Waals surface area contributed by atoms with Crippen molar-refractivity contribution in [3.05, 3.63) is 29.6 Å². The van der Waals surface area contributed by atoms with Crippen LogP contribution in [0, 0.1) is 6.92 Å². The van der Waals surface area contributed by atoms with Crippen LogP contribution in [0.25, 0.3) is 0 Å². The van der Waals surface area contributed by atoms with Crippen molar-refractivity contribution in [3.63, 3.8) is 0 Å². The lowest BCUT2D eigenvalue weighted by Crippen LogP contribution is -2.13. The molecule has 1 heterocycles. The molecule has 2 rings (SSSR count). The van der Waals surface area contributed by atoms with Gasteiger partial charge in [0.2, 0.25) is 0 Å². The van der Waals surface area contributed by atoms with Crippen LogP contribution >= 0.6 is 0 Å². The molecular formula is C11H16N2. The second kappa shape index (κ2) is 3.11. The molecule has 2 N–H and O–H groups in total. The minimum Gasteiger partial charge on any atom is -0.330 e. The second-order valence-electron chi connectivity index (χ2n) is 4.01. The molecule has 2 nitrogen and oxygen atoms in total. The van der Waals surface area contributed by atoms with E-state index >= 15 is 0 Å². The minimum absolute atomic E-state index is 0.398. The topological polar surface area (TPSA) is 38.9 Å². The molecule has 1 aliphatic carbocycles. The Bertz CT molecular complexity index is 285. The molecule has 70 valence electrons. The molecule has 2 heteroatoms. The van der Waals surface area contributed by atoms with E-state index in [9.17, 15) is 0 Å². The Morgan fingerprint density at radius 2 is 2.23 bits per heavy atom. The molecular weight excluding hydrogens is 160 g/mol. The summed E-state index contributed by atoms with van der Waals surface area (Å²) < 4.78 is 0. The highest BCUT2D eigenvalue weighted by Gasteiger charge is 2.43. The van der Waals surface area contributed by atoms with Crippen LogP contribution < -0.4 is 5.73 Å². The average Bonchev–Trinajstić information content (AvgIpc) is 2.87. The van der Waals surface area contributed by atoms with Gasteiger partial charge in [-0.3, -0.25) is 4.98 Å². The Hall–Kier alpha value is -0.890. The molecule has 1 fully saturated rings. The lowest BCUT2D eigenvalue weighted by Gasteiger charge is -2.13. The summed E-state index contributed by atoms with van der Waals surface area (Å²) in [5.74, 6) is 0. The van der Waals surface area contributed by atoms with E-state index in [2.05, 4.69) is 17.1 Å². The lowest BCUT2D eigenvalue weighted by molar-refractivity contribution is 0.626. The Labute approximate surface area is 79.2 Å². The summed E-state index contributed by atoms with van der Waals surface area (Å²) in [5, 5.41) is 0. The molecule has 0 radical (unpaired) electrons. The molecule has 13 heavy (non-hydrogen) atoms. The van der Waals surface area contributed by atoms with Crippen LogP contribution in [0.15, 0.2) is 18.3 Å².